The zero-order valence-corrected chi connectivity index (χ0v) is 72.4. The first-order chi connectivity index (χ1) is 66.5. The zero-order valence-electron chi connectivity index (χ0n) is 72.4. The van der Waals surface area contributed by atoms with Crippen LogP contribution in [0.5, 0.6) is 0 Å². The van der Waals surface area contributed by atoms with Gasteiger partial charge in [-0.15, -0.1) is 0 Å². The van der Waals surface area contributed by atoms with Crippen molar-refractivity contribution in [3.8, 4) is 113 Å². The number of hydrogen-bond acceptors (Lipinski definition) is 5. The van der Waals surface area contributed by atoms with Gasteiger partial charge in [0.05, 0.1) is 55.1 Å². The second-order valence-electron chi connectivity index (χ2n) is 36.8. The van der Waals surface area contributed by atoms with Crippen LogP contribution < -0.4 is 0 Å². The lowest BCUT2D eigenvalue weighted by atomic mass is 9.52. The second kappa shape index (κ2) is 27.1. The molecule has 7 heteroatoms. The molecule has 7 nitrogen and oxygen atoms in total. The first-order valence-corrected chi connectivity index (χ1v) is 46.4. The van der Waals surface area contributed by atoms with E-state index in [2.05, 4.69) is 464 Å². The Morgan fingerprint density at radius 2 is 0.463 bits per heavy atom. The maximum atomic E-state index is 5.86. The third-order valence-electron chi connectivity index (χ3n) is 31.0. The van der Waals surface area contributed by atoms with Crippen LogP contribution in [0, 0.1) is 0 Å². The molecule has 4 aromatic heterocycles. The van der Waals surface area contributed by atoms with Crippen molar-refractivity contribution in [1.82, 2.24) is 34.1 Å². The molecule has 0 unspecified atom stereocenters. The predicted octanol–water partition coefficient (Wildman–Crippen LogP) is 29.6. The average molecular weight is 1700 g/mol. The molecule has 6 aliphatic carbocycles. The van der Waals surface area contributed by atoms with Crippen LogP contribution >= 0.6 is 0 Å². The molecule has 0 amide bonds. The highest BCUT2D eigenvalue weighted by molar-refractivity contribution is 6.26. The normalized spacial score (nSPS) is 14.4. The monoisotopic (exact) mass is 1700 g/mol. The Morgan fingerprint density at radius 3 is 0.873 bits per heavy atom. The quantitative estimate of drug-likeness (QED) is 0.159. The van der Waals surface area contributed by atoms with E-state index in [1.807, 2.05) is 0 Å². The van der Waals surface area contributed by atoms with Crippen molar-refractivity contribution in [3.05, 3.63) is 544 Å². The Hall–Kier alpha value is -17.4. The molecule has 0 bridgehead atoms. The van der Waals surface area contributed by atoms with E-state index < -0.39 is 21.7 Å². The van der Waals surface area contributed by atoms with Crippen LogP contribution in [0.25, 0.3) is 178 Å². The smallest absolute Gasteiger partial charge is 0.238 e. The third-order valence-corrected chi connectivity index (χ3v) is 31.0. The molecule has 4 spiro atoms. The molecule has 0 fully saturated rings. The molecule has 0 aliphatic heterocycles. The summed E-state index contributed by atoms with van der Waals surface area (Å²) in [6.45, 7) is 0. The highest BCUT2D eigenvalue weighted by Gasteiger charge is 2.62. The van der Waals surface area contributed by atoms with Gasteiger partial charge < -0.3 is 0 Å². The molecular weight excluding hydrogens is 1620 g/mol. The lowest BCUT2D eigenvalue weighted by molar-refractivity contribution is 0.633. The van der Waals surface area contributed by atoms with Crippen molar-refractivity contribution in [2.75, 3.05) is 0 Å². The maximum absolute atomic E-state index is 5.86. The highest BCUT2D eigenvalue weighted by atomic mass is 15.2. The fourth-order valence-corrected chi connectivity index (χ4v) is 26.1. The van der Waals surface area contributed by atoms with Crippen molar-refractivity contribution < 1.29 is 0 Å². The number of hydrogen-bond donors (Lipinski definition) is 0. The van der Waals surface area contributed by atoms with Crippen LogP contribution in [0.4, 0.5) is 0 Å². The standard InChI is InChI=1S/C127H75N7/c1-4-35-79(36-5-1)109-75-110(80-37-6-2-7-38-80)129-122(128-109)133-111-73-67-76-33-10-12-41-84(76)114(111)91-69-71-107-116(118(91)133)89-46-17-23-53-97(89)127(107)104-60-30-28-58-102(104)125(103-59-29-31-61-105(103)127)95-51-21-16-45-88(95)113-83(48-32-62-106(113)125)78-63-65-82(66-64-78)121-130-120(81-39-8-3-9-40-81)131-123(132-121)134-112-74-68-77-34-11-13-42-85(77)115(112)92-70-72-108-117(119(92)134)90-47-18-22-52-96(90)126(108)100-56-26-24-54-98(100)124(99-55-25-27-57-101(99)126)93-49-19-14-43-86(93)87-44-15-20-50-94(87)124/h1-75H. The van der Waals surface area contributed by atoms with E-state index in [1.54, 1.807) is 0 Å². The second-order valence-corrected chi connectivity index (χ2v) is 36.8. The van der Waals surface area contributed by atoms with Gasteiger partial charge >= 0.3 is 0 Å². The number of fused-ring (bicyclic) bond motifs is 44. The van der Waals surface area contributed by atoms with Crippen molar-refractivity contribution in [2.45, 2.75) is 21.7 Å². The van der Waals surface area contributed by atoms with E-state index >= 15 is 0 Å². The summed E-state index contributed by atoms with van der Waals surface area (Å²) in [6, 6.07) is 170. The van der Waals surface area contributed by atoms with E-state index in [-0.39, 0.29) is 0 Å². The van der Waals surface area contributed by atoms with Gasteiger partial charge in [-0.25, -0.2) is 15.0 Å². The van der Waals surface area contributed by atoms with Crippen LogP contribution in [-0.4, -0.2) is 34.1 Å². The van der Waals surface area contributed by atoms with Gasteiger partial charge in [0, 0.05) is 54.9 Å². The summed E-state index contributed by atoms with van der Waals surface area (Å²) in [4.78, 5) is 28.6. The summed E-state index contributed by atoms with van der Waals surface area (Å²) < 4.78 is 4.79. The van der Waals surface area contributed by atoms with Gasteiger partial charge in [-0.05, 0) is 173 Å². The molecule has 618 valence electrons. The summed E-state index contributed by atoms with van der Waals surface area (Å²) in [5, 5.41) is 9.27. The molecule has 0 atom stereocenters. The van der Waals surface area contributed by atoms with Gasteiger partial charge in [-0.1, -0.05) is 437 Å². The Labute approximate surface area is 772 Å². The van der Waals surface area contributed by atoms with E-state index in [1.165, 1.54) is 144 Å². The molecule has 0 radical (unpaired) electrons. The molecule has 30 rings (SSSR count). The third kappa shape index (κ3) is 9.26. The molecular formula is C127H75N7. The van der Waals surface area contributed by atoms with Gasteiger partial charge in [-0.2, -0.15) is 9.97 Å². The van der Waals surface area contributed by atoms with Crippen LogP contribution in [0.3, 0.4) is 0 Å². The van der Waals surface area contributed by atoms with Gasteiger partial charge in [-0.3, -0.25) is 9.13 Å². The van der Waals surface area contributed by atoms with Crippen LogP contribution in [0.15, 0.2) is 455 Å². The summed E-state index contributed by atoms with van der Waals surface area (Å²) in [7, 11) is 0. The Morgan fingerprint density at radius 1 is 0.172 bits per heavy atom. The average Bonchev–Trinajstić information content (AvgIpc) is 1.47. The maximum Gasteiger partial charge on any atom is 0.238 e. The summed E-state index contributed by atoms with van der Waals surface area (Å²) >= 11 is 0. The SMILES string of the molecule is c1ccc(-c2cc(-c3ccccc3)nc(-n3c4ccc5ccccc5c4c4ccc5c(c43)-c3ccccc3C53c4ccccc4C4(c5ccccc5-c5c(-c6ccc(-c7nc(-c8ccccc8)nc(-n8c9ccc%10ccccc%10c9c9ccc%10c(c98)-c8ccccc8C%108c9ccccc9C9(c%10ccccc%10-c%10ccccc%109)c9ccccc98)n7)cc6)cccc54)c4ccccc43)n2)cc1. The summed E-state index contributed by atoms with van der Waals surface area (Å²) in [6.07, 6.45) is 0. The number of rotatable bonds is 7. The lowest BCUT2D eigenvalue weighted by Gasteiger charge is -2.48. The molecule has 4 heterocycles. The fraction of sp³-hybridized carbons (Fsp3) is 0.0315. The molecule has 0 saturated heterocycles. The minimum Gasteiger partial charge on any atom is -0.277 e. The van der Waals surface area contributed by atoms with E-state index in [4.69, 9.17) is 24.9 Å². The van der Waals surface area contributed by atoms with Crippen molar-refractivity contribution in [1.29, 1.82) is 0 Å². The highest BCUT2D eigenvalue weighted by Crippen LogP contribution is 2.72. The molecule has 24 aromatic rings. The number of benzene rings is 20. The first kappa shape index (κ1) is 73.5. The molecule has 20 aromatic carbocycles. The van der Waals surface area contributed by atoms with Crippen LogP contribution in [0.2, 0.25) is 0 Å². The van der Waals surface area contributed by atoms with E-state index in [0.29, 0.717) is 23.5 Å². The zero-order chi connectivity index (χ0) is 87.4. The summed E-state index contributed by atoms with van der Waals surface area (Å²) in [5.41, 5.74) is 38.9. The van der Waals surface area contributed by atoms with Crippen molar-refractivity contribution in [2.24, 2.45) is 0 Å². The molecule has 134 heavy (non-hydrogen) atoms. The van der Waals surface area contributed by atoms with Crippen molar-refractivity contribution >= 4 is 65.2 Å². The van der Waals surface area contributed by atoms with Crippen LogP contribution in [-0.2, 0) is 21.7 Å². The molecule has 0 saturated carbocycles. The fourth-order valence-electron chi connectivity index (χ4n) is 26.1. The number of aromatic nitrogens is 7. The summed E-state index contributed by atoms with van der Waals surface area (Å²) in [5.74, 6) is 2.29. The first-order valence-electron chi connectivity index (χ1n) is 46.4. The van der Waals surface area contributed by atoms with Gasteiger partial charge in [0.25, 0.3) is 0 Å². The van der Waals surface area contributed by atoms with E-state index in [0.717, 1.165) is 99.3 Å². The largest absolute Gasteiger partial charge is 0.277 e. The Bertz CT molecular complexity index is 9080. The number of nitrogens with zero attached hydrogens (tertiary/aromatic N) is 7. The topological polar surface area (TPSA) is 74.3 Å². The molecule has 6 aliphatic rings. The van der Waals surface area contributed by atoms with Gasteiger partial charge in [0.15, 0.2) is 11.6 Å². The lowest BCUT2D eigenvalue weighted by Crippen LogP contribution is -2.43. The predicted molar refractivity (Wildman–Crippen MR) is 543 cm³/mol. The van der Waals surface area contributed by atoms with Crippen molar-refractivity contribution in [3.63, 3.8) is 0 Å². The van der Waals surface area contributed by atoms with Gasteiger partial charge in [0.1, 0.15) is 0 Å². The minimum atomic E-state index is -0.801. The van der Waals surface area contributed by atoms with E-state index in [9.17, 15) is 0 Å². The minimum absolute atomic E-state index is 0.534. The van der Waals surface area contributed by atoms with Crippen LogP contribution in [0.1, 0.15) is 89.0 Å². The Balaban J connectivity index is 0.604. The Kier molecular flexibility index (Phi) is 14.9. The van der Waals surface area contributed by atoms with Gasteiger partial charge in [0.2, 0.25) is 11.9 Å². The molecule has 0 N–H and O–H groups in total.